The lowest BCUT2D eigenvalue weighted by atomic mass is 10.1. The molecule has 1 heterocycles. The summed E-state index contributed by atoms with van der Waals surface area (Å²) in [6.45, 7) is 18.3. The third-order valence-electron chi connectivity index (χ3n) is 1.93. The van der Waals surface area contributed by atoms with E-state index >= 15 is 0 Å². The smallest absolute Gasteiger partial charge is 0.0302 e. The number of thiophene rings is 1. The first-order valence-electron chi connectivity index (χ1n) is 6.54. The van der Waals surface area contributed by atoms with Crippen LogP contribution >= 0.6 is 11.3 Å². The van der Waals surface area contributed by atoms with Crippen LogP contribution in [0.2, 0.25) is 0 Å². The summed E-state index contributed by atoms with van der Waals surface area (Å²) in [6, 6.07) is 2.28. The highest BCUT2D eigenvalue weighted by molar-refractivity contribution is 7.13. The summed E-state index contributed by atoms with van der Waals surface area (Å²) >= 11 is 1.87. The molecule has 0 aliphatic carbocycles. The molecule has 0 aromatic carbocycles. The monoisotopic (exact) mass is 252 g/mol. The van der Waals surface area contributed by atoms with Crippen molar-refractivity contribution in [1.29, 1.82) is 0 Å². The Morgan fingerprint density at radius 2 is 1.71 bits per heavy atom. The molecular formula is C16H28S. The van der Waals surface area contributed by atoms with Gasteiger partial charge in [0.2, 0.25) is 0 Å². The molecule has 0 fully saturated rings. The SMILES string of the molecule is C=C/C=C\c1sc(C(C)C)cc1C.CC.CC. The Hall–Kier alpha value is -0.820. The number of hydrogen-bond donors (Lipinski definition) is 0. The van der Waals surface area contributed by atoms with E-state index < -0.39 is 0 Å². The van der Waals surface area contributed by atoms with Crippen molar-refractivity contribution >= 4 is 17.4 Å². The van der Waals surface area contributed by atoms with E-state index in [0.29, 0.717) is 5.92 Å². The Morgan fingerprint density at radius 3 is 2.06 bits per heavy atom. The molecule has 0 unspecified atom stereocenters. The maximum absolute atomic E-state index is 3.67. The third kappa shape index (κ3) is 7.17. The highest BCUT2D eigenvalue weighted by Gasteiger charge is 2.05. The molecule has 0 saturated carbocycles. The topological polar surface area (TPSA) is 0 Å². The predicted octanol–water partition coefficient (Wildman–Crippen LogP) is 6.43. The number of rotatable bonds is 3. The third-order valence-corrected chi connectivity index (χ3v) is 3.43. The van der Waals surface area contributed by atoms with Gasteiger partial charge in [-0.25, -0.2) is 0 Å². The van der Waals surface area contributed by atoms with Gasteiger partial charge in [-0.1, -0.05) is 60.3 Å². The van der Waals surface area contributed by atoms with Gasteiger partial charge in [-0.2, -0.15) is 0 Å². The molecule has 17 heavy (non-hydrogen) atoms. The fraction of sp³-hybridized carbons (Fsp3) is 0.500. The quantitative estimate of drug-likeness (QED) is 0.544. The zero-order valence-corrected chi connectivity index (χ0v) is 13.3. The van der Waals surface area contributed by atoms with Gasteiger partial charge in [0.1, 0.15) is 0 Å². The summed E-state index contributed by atoms with van der Waals surface area (Å²) in [6.07, 6.45) is 5.93. The normalized spacial score (nSPS) is 9.41. The van der Waals surface area contributed by atoms with Gasteiger partial charge in [-0.15, -0.1) is 11.3 Å². The molecule has 0 aliphatic heterocycles. The van der Waals surface area contributed by atoms with E-state index in [1.807, 2.05) is 51.2 Å². The highest BCUT2D eigenvalue weighted by Crippen LogP contribution is 2.28. The van der Waals surface area contributed by atoms with E-state index in [2.05, 4.69) is 39.5 Å². The van der Waals surface area contributed by atoms with E-state index in [0.717, 1.165) is 0 Å². The molecule has 0 atom stereocenters. The largest absolute Gasteiger partial charge is 0.140 e. The summed E-state index contributed by atoms with van der Waals surface area (Å²) in [4.78, 5) is 2.81. The Labute approximate surface area is 112 Å². The van der Waals surface area contributed by atoms with Crippen LogP contribution in [0.5, 0.6) is 0 Å². The Morgan fingerprint density at radius 1 is 1.18 bits per heavy atom. The van der Waals surface area contributed by atoms with E-state index in [1.165, 1.54) is 15.3 Å². The lowest BCUT2D eigenvalue weighted by Crippen LogP contribution is -1.77. The summed E-state index contributed by atoms with van der Waals surface area (Å²) in [5, 5.41) is 0. The molecule has 1 heteroatoms. The molecule has 1 rings (SSSR count). The molecule has 0 aliphatic rings. The molecule has 1 aromatic heterocycles. The van der Waals surface area contributed by atoms with Crippen LogP contribution < -0.4 is 0 Å². The van der Waals surface area contributed by atoms with E-state index in [-0.39, 0.29) is 0 Å². The van der Waals surface area contributed by atoms with Crippen LogP contribution in [0.15, 0.2) is 24.8 Å². The van der Waals surface area contributed by atoms with Crippen molar-refractivity contribution in [3.63, 3.8) is 0 Å². The first kappa shape index (κ1) is 18.5. The molecule has 0 saturated heterocycles. The van der Waals surface area contributed by atoms with Crippen molar-refractivity contribution in [2.24, 2.45) is 0 Å². The van der Waals surface area contributed by atoms with Gasteiger partial charge >= 0.3 is 0 Å². The second-order valence-electron chi connectivity index (χ2n) is 3.45. The van der Waals surface area contributed by atoms with Gasteiger partial charge in [-0.05, 0) is 30.5 Å². The minimum atomic E-state index is 0.634. The van der Waals surface area contributed by atoms with Crippen LogP contribution in [0.4, 0.5) is 0 Å². The fourth-order valence-corrected chi connectivity index (χ4v) is 2.22. The molecule has 0 amide bonds. The van der Waals surface area contributed by atoms with Crippen molar-refractivity contribution in [2.75, 3.05) is 0 Å². The van der Waals surface area contributed by atoms with Crippen LogP contribution in [-0.2, 0) is 0 Å². The minimum Gasteiger partial charge on any atom is -0.140 e. The second-order valence-corrected chi connectivity index (χ2v) is 4.56. The van der Waals surface area contributed by atoms with Crippen LogP contribution in [0.1, 0.15) is 62.8 Å². The van der Waals surface area contributed by atoms with E-state index in [9.17, 15) is 0 Å². The Kier molecular flexibility index (Phi) is 12.7. The van der Waals surface area contributed by atoms with Gasteiger partial charge in [-0.3, -0.25) is 0 Å². The van der Waals surface area contributed by atoms with E-state index in [1.54, 1.807) is 0 Å². The van der Waals surface area contributed by atoms with Crippen molar-refractivity contribution < 1.29 is 0 Å². The van der Waals surface area contributed by atoms with Crippen molar-refractivity contribution in [3.8, 4) is 0 Å². The lowest BCUT2D eigenvalue weighted by Gasteiger charge is -1.96. The zero-order valence-electron chi connectivity index (χ0n) is 12.5. The Balaban J connectivity index is 0. The molecule has 0 nitrogen and oxygen atoms in total. The average molecular weight is 252 g/mol. The number of aryl methyl sites for hydroxylation is 1. The van der Waals surface area contributed by atoms with Crippen LogP contribution in [0.25, 0.3) is 6.08 Å². The standard InChI is InChI=1S/C12H16S.2C2H6/c1-5-6-7-11-10(4)8-12(13-11)9(2)3;2*1-2/h5-9H,1H2,2-4H3;2*1-2H3/b7-6-;;. The Bertz CT molecular complexity index is 316. The first-order chi connectivity index (χ1) is 8.15. The zero-order chi connectivity index (χ0) is 13.8. The van der Waals surface area contributed by atoms with Crippen molar-refractivity contribution in [3.05, 3.63) is 40.1 Å². The minimum absolute atomic E-state index is 0.634. The van der Waals surface area contributed by atoms with E-state index in [4.69, 9.17) is 0 Å². The summed E-state index contributed by atoms with van der Waals surface area (Å²) in [5.41, 5.74) is 1.37. The molecule has 0 bridgehead atoms. The maximum atomic E-state index is 3.67. The predicted molar refractivity (Wildman–Crippen MR) is 85.1 cm³/mol. The highest BCUT2D eigenvalue weighted by atomic mass is 32.1. The summed E-state index contributed by atoms with van der Waals surface area (Å²) in [7, 11) is 0. The van der Waals surface area contributed by atoms with Crippen molar-refractivity contribution in [1.82, 2.24) is 0 Å². The summed E-state index contributed by atoms with van der Waals surface area (Å²) in [5.74, 6) is 0.634. The fourth-order valence-electron chi connectivity index (χ4n) is 1.13. The van der Waals surface area contributed by atoms with Crippen molar-refractivity contribution in [2.45, 2.75) is 54.4 Å². The van der Waals surface area contributed by atoms with Gasteiger partial charge in [0, 0.05) is 9.75 Å². The number of allylic oxidation sites excluding steroid dienone is 2. The maximum Gasteiger partial charge on any atom is 0.0302 e. The molecule has 0 radical (unpaired) electrons. The van der Waals surface area contributed by atoms with Gasteiger partial charge < -0.3 is 0 Å². The molecule has 98 valence electrons. The summed E-state index contributed by atoms with van der Waals surface area (Å²) < 4.78 is 0. The van der Waals surface area contributed by atoms with Gasteiger partial charge in [0.15, 0.2) is 0 Å². The number of hydrogen-bond acceptors (Lipinski definition) is 1. The molecule has 0 N–H and O–H groups in total. The van der Waals surface area contributed by atoms with Gasteiger partial charge in [0.05, 0.1) is 0 Å². The van der Waals surface area contributed by atoms with Crippen LogP contribution in [-0.4, -0.2) is 0 Å². The first-order valence-corrected chi connectivity index (χ1v) is 7.36. The molecule has 1 aromatic rings. The molecular weight excluding hydrogens is 224 g/mol. The van der Waals surface area contributed by atoms with Gasteiger partial charge in [0.25, 0.3) is 0 Å². The van der Waals surface area contributed by atoms with Crippen LogP contribution in [0.3, 0.4) is 0 Å². The van der Waals surface area contributed by atoms with Crippen LogP contribution in [0, 0.1) is 6.92 Å². The lowest BCUT2D eigenvalue weighted by molar-refractivity contribution is 0.889. The average Bonchev–Trinajstić information content (AvgIpc) is 2.73. The second kappa shape index (κ2) is 11.7. The molecule has 0 spiro atoms.